The summed E-state index contributed by atoms with van der Waals surface area (Å²) in [4.78, 5) is 10.3. The molecule has 1 N–H and O–H groups in total. The largest absolute Gasteiger partial charge is 0.380 e. The molecule has 7 heteroatoms. The number of hydrogen-bond donors (Lipinski definition) is 1. The van der Waals surface area contributed by atoms with Crippen molar-refractivity contribution in [2.45, 2.75) is 6.54 Å². The minimum absolute atomic E-state index is 0.0886. The molecule has 0 amide bonds. The lowest BCUT2D eigenvalue weighted by molar-refractivity contribution is -0.384. The van der Waals surface area contributed by atoms with Crippen LogP contribution in [0.1, 0.15) is 5.56 Å². The van der Waals surface area contributed by atoms with E-state index < -0.39 is 4.92 Å². The number of hydrogen-bond acceptors (Lipinski definition) is 3. The zero-order chi connectivity index (χ0) is 14.7. The first-order chi connectivity index (χ1) is 9.47. The van der Waals surface area contributed by atoms with Gasteiger partial charge in [-0.05, 0) is 45.8 Å². The van der Waals surface area contributed by atoms with Crippen LogP contribution in [0.25, 0.3) is 0 Å². The Hall–Kier alpha value is -1.66. The second-order valence-corrected chi connectivity index (χ2v) is 5.28. The molecule has 4 nitrogen and oxygen atoms in total. The van der Waals surface area contributed by atoms with E-state index in [0.717, 1.165) is 0 Å². The van der Waals surface area contributed by atoms with Gasteiger partial charge in [0.1, 0.15) is 10.8 Å². The average molecular weight is 360 g/mol. The Morgan fingerprint density at radius 3 is 2.75 bits per heavy atom. The second kappa shape index (κ2) is 6.19. The number of benzene rings is 2. The average Bonchev–Trinajstić information content (AvgIpc) is 2.41. The number of anilines is 1. The highest BCUT2D eigenvalue weighted by Crippen LogP contribution is 2.27. The van der Waals surface area contributed by atoms with E-state index in [2.05, 4.69) is 21.2 Å². The van der Waals surface area contributed by atoms with Crippen LogP contribution in [-0.2, 0) is 6.54 Å². The van der Waals surface area contributed by atoms with Crippen molar-refractivity contribution in [2.75, 3.05) is 5.32 Å². The first kappa shape index (κ1) is 14.7. The first-order valence-corrected chi connectivity index (χ1v) is 6.76. The van der Waals surface area contributed by atoms with Gasteiger partial charge in [0, 0.05) is 17.1 Å². The third-order valence-corrected chi connectivity index (χ3v) is 3.63. The number of nitro benzene ring substituents is 1. The Bertz CT molecular complexity index is 667. The Morgan fingerprint density at radius 1 is 1.30 bits per heavy atom. The molecule has 0 atom stereocenters. The second-order valence-electron chi connectivity index (χ2n) is 4.02. The van der Waals surface area contributed by atoms with Gasteiger partial charge in [-0.15, -0.1) is 0 Å². The van der Waals surface area contributed by atoms with Crippen LogP contribution in [-0.4, -0.2) is 4.92 Å². The molecule has 0 saturated heterocycles. The molecule has 0 radical (unpaired) electrons. The molecule has 0 saturated carbocycles. The molecular weight excluding hydrogens is 351 g/mol. The molecule has 0 heterocycles. The van der Waals surface area contributed by atoms with Crippen LogP contribution < -0.4 is 5.32 Å². The maximum absolute atomic E-state index is 13.1. The summed E-state index contributed by atoms with van der Waals surface area (Å²) in [7, 11) is 0. The van der Waals surface area contributed by atoms with Crippen molar-refractivity contribution >= 4 is 38.9 Å². The maximum Gasteiger partial charge on any atom is 0.288 e. The Balaban J connectivity index is 2.17. The molecule has 20 heavy (non-hydrogen) atoms. The van der Waals surface area contributed by atoms with Crippen LogP contribution in [0.2, 0.25) is 5.02 Å². The zero-order valence-corrected chi connectivity index (χ0v) is 12.4. The summed E-state index contributed by atoms with van der Waals surface area (Å²) in [5.74, 6) is -0.363. The van der Waals surface area contributed by atoms with E-state index in [1.165, 1.54) is 24.3 Å². The summed E-state index contributed by atoms with van der Waals surface area (Å²) in [6.07, 6.45) is 0. The van der Waals surface area contributed by atoms with Gasteiger partial charge in [-0.3, -0.25) is 10.1 Å². The Kier molecular flexibility index (Phi) is 4.57. The quantitative estimate of drug-likeness (QED) is 0.632. The lowest BCUT2D eigenvalue weighted by Gasteiger charge is -2.09. The monoisotopic (exact) mass is 358 g/mol. The lowest BCUT2D eigenvalue weighted by atomic mass is 10.2. The van der Waals surface area contributed by atoms with Crippen LogP contribution in [0.15, 0.2) is 40.9 Å². The number of nitrogens with zero attached hydrogens (tertiary/aromatic N) is 1. The molecule has 2 aromatic carbocycles. The van der Waals surface area contributed by atoms with E-state index in [4.69, 9.17) is 11.6 Å². The number of nitrogens with one attached hydrogen (secondary N) is 1. The summed E-state index contributed by atoms with van der Waals surface area (Å²) in [5, 5.41) is 13.9. The van der Waals surface area contributed by atoms with Crippen molar-refractivity contribution in [2.24, 2.45) is 0 Å². The number of rotatable bonds is 4. The van der Waals surface area contributed by atoms with Gasteiger partial charge in [0.05, 0.1) is 10.6 Å². The van der Waals surface area contributed by atoms with Crippen LogP contribution in [0.3, 0.4) is 0 Å². The Labute approximate surface area is 127 Å². The van der Waals surface area contributed by atoms with Gasteiger partial charge in [0.15, 0.2) is 0 Å². The molecule has 104 valence electrons. The van der Waals surface area contributed by atoms with Gasteiger partial charge in [-0.25, -0.2) is 4.39 Å². The molecule has 2 aromatic rings. The summed E-state index contributed by atoms with van der Waals surface area (Å²) < 4.78 is 13.8. The first-order valence-electron chi connectivity index (χ1n) is 5.59. The fourth-order valence-electron chi connectivity index (χ4n) is 1.64. The van der Waals surface area contributed by atoms with Crippen molar-refractivity contribution in [3.8, 4) is 0 Å². The third kappa shape index (κ3) is 3.46. The molecule has 2 rings (SSSR count). The smallest absolute Gasteiger partial charge is 0.288 e. The Morgan fingerprint density at radius 2 is 2.05 bits per heavy atom. The molecule has 0 aromatic heterocycles. The summed E-state index contributed by atoms with van der Waals surface area (Å²) in [5.41, 5.74) is 1.10. The minimum Gasteiger partial charge on any atom is -0.380 e. The van der Waals surface area contributed by atoms with Gasteiger partial charge < -0.3 is 5.32 Å². The summed E-state index contributed by atoms with van der Waals surface area (Å²) >= 11 is 9.03. The SMILES string of the molecule is O=[N+]([O-])c1cc(CNc2cc(F)ccc2Br)ccc1Cl. The predicted molar refractivity (Wildman–Crippen MR) is 79.5 cm³/mol. The molecule has 0 aliphatic carbocycles. The minimum atomic E-state index is -0.538. The fourth-order valence-corrected chi connectivity index (χ4v) is 2.21. The van der Waals surface area contributed by atoms with Crippen molar-refractivity contribution in [3.05, 3.63) is 67.4 Å². The van der Waals surface area contributed by atoms with E-state index in [0.29, 0.717) is 22.3 Å². The highest BCUT2D eigenvalue weighted by molar-refractivity contribution is 9.10. The van der Waals surface area contributed by atoms with Crippen molar-refractivity contribution in [3.63, 3.8) is 0 Å². The normalized spacial score (nSPS) is 10.3. The summed E-state index contributed by atoms with van der Waals surface area (Å²) in [6.45, 7) is 0.320. The van der Waals surface area contributed by atoms with Crippen molar-refractivity contribution in [1.82, 2.24) is 0 Å². The van der Waals surface area contributed by atoms with E-state index in [9.17, 15) is 14.5 Å². The summed E-state index contributed by atoms with van der Waals surface area (Å²) in [6, 6.07) is 8.80. The van der Waals surface area contributed by atoms with E-state index in [1.54, 1.807) is 12.1 Å². The highest BCUT2D eigenvalue weighted by Gasteiger charge is 2.12. The van der Waals surface area contributed by atoms with E-state index in [1.807, 2.05) is 0 Å². The topological polar surface area (TPSA) is 55.2 Å². The standard InChI is InChI=1S/C13H9BrClFN2O2/c14-10-3-2-9(16)6-12(10)17-7-8-1-4-11(15)13(5-8)18(19)20/h1-6,17H,7H2. The van der Waals surface area contributed by atoms with E-state index in [-0.39, 0.29) is 16.5 Å². The molecule has 0 fully saturated rings. The molecule has 0 aliphatic rings. The van der Waals surface area contributed by atoms with Gasteiger partial charge >= 0.3 is 0 Å². The van der Waals surface area contributed by atoms with Crippen LogP contribution in [0, 0.1) is 15.9 Å². The predicted octanol–water partition coefficient (Wildman–Crippen LogP) is 4.76. The molecule has 0 aliphatic heterocycles. The molecule has 0 spiro atoms. The molecule has 0 bridgehead atoms. The van der Waals surface area contributed by atoms with Gasteiger partial charge in [-0.1, -0.05) is 17.7 Å². The van der Waals surface area contributed by atoms with Gasteiger partial charge in [0.2, 0.25) is 0 Å². The van der Waals surface area contributed by atoms with Crippen LogP contribution in [0.5, 0.6) is 0 Å². The fraction of sp³-hybridized carbons (Fsp3) is 0.0769. The molecular formula is C13H9BrClFN2O2. The molecule has 0 unspecified atom stereocenters. The van der Waals surface area contributed by atoms with Crippen molar-refractivity contribution in [1.29, 1.82) is 0 Å². The van der Waals surface area contributed by atoms with Crippen LogP contribution >= 0.6 is 27.5 Å². The number of nitro groups is 1. The zero-order valence-electron chi connectivity index (χ0n) is 10.1. The number of halogens is 3. The maximum atomic E-state index is 13.1. The van der Waals surface area contributed by atoms with Crippen LogP contribution in [0.4, 0.5) is 15.8 Å². The third-order valence-electron chi connectivity index (χ3n) is 2.62. The lowest BCUT2D eigenvalue weighted by Crippen LogP contribution is -2.01. The van der Waals surface area contributed by atoms with Gasteiger partial charge in [-0.2, -0.15) is 0 Å². The van der Waals surface area contributed by atoms with Gasteiger partial charge in [0.25, 0.3) is 5.69 Å². The van der Waals surface area contributed by atoms with Crippen molar-refractivity contribution < 1.29 is 9.31 Å². The highest BCUT2D eigenvalue weighted by atomic mass is 79.9. The van der Waals surface area contributed by atoms with E-state index >= 15 is 0 Å².